The molecular formula is C16H14FNO3S. The van der Waals surface area contributed by atoms with Crippen LogP contribution in [0.4, 0.5) is 14.9 Å². The molecule has 0 saturated heterocycles. The summed E-state index contributed by atoms with van der Waals surface area (Å²) < 4.78 is 12.9. The zero-order valence-electron chi connectivity index (χ0n) is 11.8. The van der Waals surface area contributed by atoms with Gasteiger partial charge in [0.1, 0.15) is 5.82 Å². The molecule has 0 bridgehead atoms. The predicted octanol–water partition coefficient (Wildman–Crippen LogP) is 3.91. The number of amides is 1. The van der Waals surface area contributed by atoms with Crippen molar-refractivity contribution in [2.24, 2.45) is 0 Å². The molecule has 2 aromatic rings. The maximum absolute atomic E-state index is 12.9. The Morgan fingerprint density at radius 1 is 1.09 bits per heavy atom. The maximum Gasteiger partial charge on any atom is 0.412 e. The van der Waals surface area contributed by atoms with E-state index < -0.39 is 11.9 Å². The molecule has 6 heteroatoms. The number of carbonyl (C=O) groups is 2. The van der Waals surface area contributed by atoms with Gasteiger partial charge in [0.15, 0.2) is 5.78 Å². The average molecular weight is 319 g/mol. The van der Waals surface area contributed by atoms with Gasteiger partial charge in [-0.05, 0) is 42.7 Å². The van der Waals surface area contributed by atoms with Crippen LogP contribution in [-0.2, 0) is 0 Å². The summed E-state index contributed by atoms with van der Waals surface area (Å²) in [5.74, 6) is -0.785. The third-order valence-corrected chi connectivity index (χ3v) is 3.83. The zero-order valence-corrected chi connectivity index (χ0v) is 12.6. The molecule has 1 amide bonds. The number of carbonyl (C=O) groups excluding carboxylic acids is 1. The first-order chi connectivity index (χ1) is 10.5. The van der Waals surface area contributed by atoms with Gasteiger partial charge < -0.3 is 5.11 Å². The summed E-state index contributed by atoms with van der Waals surface area (Å²) in [6, 6.07) is 11.9. The Kier molecular flexibility index (Phi) is 5.16. The number of nitrogens with zero attached hydrogens (tertiary/aromatic N) is 1. The molecule has 0 heterocycles. The quantitative estimate of drug-likeness (QED) is 0.670. The van der Waals surface area contributed by atoms with E-state index in [0.717, 1.165) is 21.9 Å². The van der Waals surface area contributed by atoms with E-state index in [9.17, 15) is 19.1 Å². The highest BCUT2D eigenvalue weighted by Gasteiger charge is 2.19. The second-order valence-corrected chi connectivity index (χ2v) is 5.38. The van der Waals surface area contributed by atoms with Gasteiger partial charge in [0.25, 0.3) is 0 Å². The number of hydrogen-bond donors (Lipinski definition) is 1. The predicted molar refractivity (Wildman–Crippen MR) is 84.3 cm³/mol. The molecule has 0 aliphatic rings. The summed E-state index contributed by atoms with van der Waals surface area (Å²) in [5, 5.41) is 9.25. The first kappa shape index (κ1) is 16.0. The molecule has 0 aliphatic heterocycles. The fourth-order valence-electron chi connectivity index (χ4n) is 1.90. The van der Waals surface area contributed by atoms with Crippen molar-refractivity contribution in [3.05, 3.63) is 59.9 Å². The molecule has 114 valence electrons. The molecule has 0 saturated carbocycles. The molecular weight excluding hydrogens is 305 g/mol. The number of hydrogen-bond acceptors (Lipinski definition) is 3. The van der Waals surface area contributed by atoms with Crippen molar-refractivity contribution >= 4 is 29.3 Å². The molecule has 0 atom stereocenters. The largest absolute Gasteiger partial charge is 0.465 e. The average Bonchev–Trinajstić information content (AvgIpc) is 2.53. The molecule has 22 heavy (non-hydrogen) atoms. The number of carboxylic acid groups (broad SMARTS) is 1. The van der Waals surface area contributed by atoms with Crippen LogP contribution in [0.25, 0.3) is 0 Å². The Labute approximate surface area is 131 Å². The minimum atomic E-state index is -1.26. The highest BCUT2D eigenvalue weighted by molar-refractivity contribution is 7.98. The van der Waals surface area contributed by atoms with Crippen LogP contribution in [0.2, 0.25) is 0 Å². The van der Waals surface area contributed by atoms with Crippen LogP contribution in [0.15, 0.2) is 53.4 Å². The molecule has 0 radical (unpaired) electrons. The fraction of sp³-hybridized carbons (Fsp3) is 0.125. The van der Waals surface area contributed by atoms with Gasteiger partial charge in [0, 0.05) is 16.1 Å². The summed E-state index contributed by atoms with van der Waals surface area (Å²) in [6.45, 7) is -0.320. The van der Waals surface area contributed by atoms with Crippen LogP contribution in [0.1, 0.15) is 10.4 Å². The van der Waals surface area contributed by atoms with E-state index in [1.165, 1.54) is 12.1 Å². The lowest BCUT2D eigenvalue weighted by Crippen LogP contribution is -2.34. The van der Waals surface area contributed by atoms with Gasteiger partial charge >= 0.3 is 6.09 Å². The Morgan fingerprint density at radius 3 is 2.18 bits per heavy atom. The second kappa shape index (κ2) is 7.09. The van der Waals surface area contributed by atoms with E-state index in [1.54, 1.807) is 36.0 Å². The summed E-state index contributed by atoms with van der Waals surface area (Å²) in [7, 11) is 0. The smallest absolute Gasteiger partial charge is 0.412 e. The van der Waals surface area contributed by atoms with Crippen LogP contribution < -0.4 is 4.90 Å². The molecule has 2 rings (SSSR count). The molecule has 1 N–H and O–H groups in total. The molecule has 0 spiro atoms. The van der Waals surface area contributed by atoms with Gasteiger partial charge in [-0.2, -0.15) is 0 Å². The highest BCUT2D eigenvalue weighted by Crippen LogP contribution is 2.18. The number of benzene rings is 2. The molecule has 4 nitrogen and oxygen atoms in total. The number of halogens is 1. The number of thioether (sulfide) groups is 1. The number of Topliss-reactive ketones (excluding diaryl/α,β-unsaturated/α-hetero) is 1. The van der Waals surface area contributed by atoms with E-state index >= 15 is 0 Å². The van der Waals surface area contributed by atoms with Gasteiger partial charge in [0.05, 0.1) is 6.54 Å². The van der Waals surface area contributed by atoms with E-state index in [0.29, 0.717) is 5.56 Å². The zero-order chi connectivity index (χ0) is 16.1. The molecule has 0 aliphatic carbocycles. The Balaban J connectivity index is 2.18. The first-order valence-electron chi connectivity index (χ1n) is 6.44. The first-order valence-corrected chi connectivity index (χ1v) is 7.67. The lowest BCUT2D eigenvalue weighted by molar-refractivity contribution is 0.0996. The van der Waals surface area contributed by atoms with Crippen LogP contribution in [0.3, 0.4) is 0 Å². The maximum atomic E-state index is 12.9. The molecule has 0 unspecified atom stereocenters. The second-order valence-electron chi connectivity index (χ2n) is 4.50. The Morgan fingerprint density at radius 2 is 1.68 bits per heavy atom. The van der Waals surface area contributed by atoms with Gasteiger partial charge in [0.2, 0.25) is 0 Å². The minimum Gasteiger partial charge on any atom is -0.465 e. The van der Waals surface area contributed by atoms with Gasteiger partial charge in [-0.15, -0.1) is 11.8 Å². The number of ketones is 1. The highest BCUT2D eigenvalue weighted by atomic mass is 32.2. The summed E-state index contributed by atoms with van der Waals surface area (Å²) in [5.41, 5.74) is 0.689. The van der Waals surface area contributed by atoms with E-state index in [-0.39, 0.29) is 18.0 Å². The number of rotatable bonds is 5. The van der Waals surface area contributed by atoms with Crippen molar-refractivity contribution in [1.82, 2.24) is 0 Å². The lowest BCUT2D eigenvalue weighted by Gasteiger charge is -2.18. The van der Waals surface area contributed by atoms with Gasteiger partial charge in [-0.3, -0.25) is 9.69 Å². The summed E-state index contributed by atoms with van der Waals surface area (Å²) in [4.78, 5) is 25.5. The number of anilines is 1. The fourth-order valence-corrected chi connectivity index (χ4v) is 2.31. The van der Waals surface area contributed by atoms with Gasteiger partial charge in [-0.1, -0.05) is 12.1 Å². The van der Waals surface area contributed by atoms with Crippen LogP contribution in [0, 0.1) is 5.82 Å². The molecule has 0 fully saturated rings. The van der Waals surface area contributed by atoms with E-state index in [2.05, 4.69) is 0 Å². The SMILES string of the molecule is CSc1ccc(C(=O)CN(C(=O)O)c2ccc(F)cc2)cc1. The lowest BCUT2D eigenvalue weighted by atomic mass is 10.1. The molecule has 2 aromatic carbocycles. The van der Waals surface area contributed by atoms with Crippen molar-refractivity contribution in [3.8, 4) is 0 Å². The van der Waals surface area contributed by atoms with Crippen molar-refractivity contribution in [1.29, 1.82) is 0 Å². The summed E-state index contributed by atoms with van der Waals surface area (Å²) >= 11 is 1.55. The Bertz CT molecular complexity index is 671. The van der Waals surface area contributed by atoms with Crippen molar-refractivity contribution in [2.45, 2.75) is 4.90 Å². The third-order valence-electron chi connectivity index (χ3n) is 3.08. The molecule has 0 aromatic heterocycles. The standard InChI is InChI=1S/C16H14FNO3S/c1-22-14-8-2-11(3-9-14)15(19)10-18(16(20)21)13-6-4-12(17)5-7-13/h2-9H,10H2,1H3,(H,20,21). The summed E-state index contributed by atoms with van der Waals surface area (Å²) in [6.07, 6.45) is 0.665. The van der Waals surface area contributed by atoms with Crippen LogP contribution >= 0.6 is 11.8 Å². The minimum absolute atomic E-state index is 0.253. The normalized spacial score (nSPS) is 10.3. The van der Waals surface area contributed by atoms with Crippen molar-refractivity contribution in [2.75, 3.05) is 17.7 Å². The van der Waals surface area contributed by atoms with Crippen molar-refractivity contribution in [3.63, 3.8) is 0 Å². The van der Waals surface area contributed by atoms with E-state index in [1.807, 2.05) is 6.26 Å². The third kappa shape index (κ3) is 3.85. The van der Waals surface area contributed by atoms with Gasteiger partial charge in [-0.25, -0.2) is 9.18 Å². The monoisotopic (exact) mass is 319 g/mol. The van der Waals surface area contributed by atoms with Crippen LogP contribution in [-0.4, -0.2) is 29.8 Å². The Hall–Kier alpha value is -2.34. The van der Waals surface area contributed by atoms with Crippen molar-refractivity contribution < 1.29 is 19.1 Å². The van der Waals surface area contributed by atoms with Crippen LogP contribution in [0.5, 0.6) is 0 Å². The topological polar surface area (TPSA) is 57.6 Å². The van der Waals surface area contributed by atoms with E-state index in [4.69, 9.17) is 0 Å².